The van der Waals surface area contributed by atoms with E-state index >= 15 is 0 Å². The molecule has 3 unspecified atom stereocenters. The summed E-state index contributed by atoms with van der Waals surface area (Å²) in [6.07, 6.45) is 4.02. The van der Waals surface area contributed by atoms with E-state index in [-0.39, 0.29) is 34.4 Å². The average molecular weight is 504 g/mol. The summed E-state index contributed by atoms with van der Waals surface area (Å²) in [4.78, 5) is 41.7. The van der Waals surface area contributed by atoms with E-state index in [0.717, 1.165) is 25.7 Å². The van der Waals surface area contributed by atoms with Crippen molar-refractivity contribution in [2.24, 2.45) is 11.8 Å². The summed E-state index contributed by atoms with van der Waals surface area (Å²) < 4.78 is -0.576. The second-order valence-corrected chi connectivity index (χ2v) is 12.4. The topological polar surface area (TPSA) is 98.7 Å². The molecule has 0 aromatic heterocycles. The molecule has 3 aliphatic rings. The number of thioether (sulfide) groups is 1. The highest BCUT2D eigenvalue weighted by Gasteiger charge is 2.75. The maximum absolute atomic E-state index is 13.6. The second-order valence-electron chi connectivity index (χ2n) is 9.69. The molecule has 9 heteroatoms. The van der Waals surface area contributed by atoms with Gasteiger partial charge in [0.25, 0.3) is 0 Å². The lowest BCUT2D eigenvalue weighted by Crippen LogP contribution is -2.57. The Morgan fingerprint density at radius 3 is 2.50 bits per heavy atom. The number of halogens is 1. The van der Waals surface area contributed by atoms with Crippen LogP contribution in [-0.4, -0.2) is 74.3 Å². The van der Waals surface area contributed by atoms with E-state index in [1.54, 1.807) is 23.7 Å². The second kappa shape index (κ2) is 8.98. The van der Waals surface area contributed by atoms with Gasteiger partial charge in [0, 0.05) is 35.8 Å². The minimum Gasteiger partial charge on any atom is -0.396 e. The van der Waals surface area contributed by atoms with Crippen LogP contribution < -0.4 is 10.6 Å². The van der Waals surface area contributed by atoms with Gasteiger partial charge in [-0.05, 0) is 40.0 Å². The molecule has 3 amide bonds. The molecule has 6 atom stereocenters. The van der Waals surface area contributed by atoms with E-state index < -0.39 is 28.2 Å². The predicted molar refractivity (Wildman–Crippen MR) is 121 cm³/mol. The molecular formula is C21H34BrN3O4S. The smallest absolute Gasteiger partial charge is 0.244 e. The van der Waals surface area contributed by atoms with Crippen LogP contribution in [0.2, 0.25) is 0 Å². The number of aliphatic hydroxyl groups is 1. The normalized spacial score (nSPS) is 34.9. The molecule has 3 saturated heterocycles. The van der Waals surface area contributed by atoms with Gasteiger partial charge in [-0.1, -0.05) is 28.8 Å². The van der Waals surface area contributed by atoms with Gasteiger partial charge in [0.1, 0.15) is 6.04 Å². The number of carbonyl (C=O) groups is 3. The fourth-order valence-electron chi connectivity index (χ4n) is 5.32. The molecule has 3 aliphatic heterocycles. The average Bonchev–Trinajstić information content (AvgIpc) is 3.23. The Balaban J connectivity index is 1.91. The molecule has 2 bridgehead atoms. The maximum Gasteiger partial charge on any atom is 0.244 e. The number of aliphatic hydroxyl groups excluding tert-OH is 1. The number of amides is 3. The monoisotopic (exact) mass is 503 g/mol. The van der Waals surface area contributed by atoms with Crippen molar-refractivity contribution < 1.29 is 19.5 Å². The summed E-state index contributed by atoms with van der Waals surface area (Å²) in [5, 5.41) is 14.8. The Morgan fingerprint density at radius 2 is 1.90 bits per heavy atom. The molecular weight excluding hydrogens is 470 g/mol. The minimum absolute atomic E-state index is 0.00413. The molecule has 0 saturated carbocycles. The zero-order valence-corrected chi connectivity index (χ0v) is 20.6. The molecule has 30 heavy (non-hydrogen) atoms. The number of alkyl halides is 1. The molecule has 0 radical (unpaired) electrons. The van der Waals surface area contributed by atoms with Crippen molar-refractivity contribution in [1.29, 1.82) is 0 Å². The summed E-state index contributed by atoms with van der Waals surface area (Å²) in [5.74, 6) is -1.19. The highest BCUT2D eigenvalue weighted by Crippen LogP contribution is 2.67. The first-order valence-electron chi connectivity index (χ1n) is 10.8. The lowest BCUT2D eigenvalue weighted by atomic mass is 9.70. The molecule has 3 rings (SSSR count). The first-order chi connectivity index (χ1) is 14.1. The van der Waals surface area contributed by atoms with Gasteiger partial charge in [0.2, 0.25) is 17.7 Å². The number of carbonyl (C=O) groups excluding carboxylic acids is 3. The Labute approximate surface area is 191 Å². The zero-order chi connectivity index (χ0) is 22.3. The third kappa shape index (κ3) is 4.13. The van der Waals surface area contributed by atoms with Crippen molar-refractivity contribution in [3.05, 3.63) is 0 Å². The summed E-state index contributed by atoms with van der Waals surface area (Å²) >= 11 is 5.40. The number of fused-ring (bicyclic) bond motifs is 1. The largest absolute Gasteiger partial charge is 0.396 e. The van der Waals surface area contributed by atoms with Crippen LogP contribution in [0.1, 0.15) is 52.9 Å². The zero-order valence-electron chi connectivity index (χ0n) is 18.2. The van der Waals surface area contributed by atoms with E-state index in [1.807, 2.05) is 20.8 Å². The fraction of sp³-hybridized carbons (Fsp3) is 0.857. The first kappa shape index (κ1) is 23.9. The van der Waals surface area contributed by atoms with Crippen molar-refractivity contribution in [3.63, 3.8) is 0 Å². The third-order valence-electron chi connectivity index (χ3n) is 6.39. The molecule has 170 valence electrons. The Morgan fingerprint density at radius 1 is 1.23 bits per heavy atom. The third-order valence-corrected chi connectivity index (χ3v) is 9.61. The van der Waals surface area contributed by atoms with Crippen LogP contribution in [-0.2, 0) is 14.4 Å². The van der Waals surface area contributed by atoms with Crippen molar-refractivity contribution >= 4 is 45.4 Å². The lowest BCUT2D eigenvalue weighted by Gasteiger charge is -2.36. The Kier molecular flexibility index (Phi) is 7.14. The van der Waals surface area contributed by atoms with Gasteiger partial charge in [0.05, 0.1) is 16.6 Å². The van der Waals surface area contributed by atoms with Gasteiger partial charge < -0.3 is 20.6 Å². The number of hydrogen-bond donors (Lipinski definition) is 3. The summed E-state index contributed by atoms with van der Waals surface area (Å²) in [5.41, 5.74) is -0.406. The SMILES string of the molecule is CNC(=O)[C@H]1[C@H]2C(=O)N(CCCCCCO)C(C(=O)NC(C)(C)C)C23CC(Br)[C@@H]1S3. The summed E-state index contributed by atoms with van der Waals surface area (Å²) in [6.45, 7) is 6.49. The number of unbranched alkanes of at least 4 members (excludes halogenated alkanes) is 3. The number of hydrogen-bond acceptors (Lipinski definition) is 5. The molecule has 0 aliphatic carbocycles. The van der Waals surface area contributed by atoms with Crippen LogP contribution in [0.15, 0.2) is 0 Å². The predicted octanol–water partition coefficient (Wildman–Crippen LogP) is 1.66. The molecule has 1 spiro atoms. The van der Waals surface area contributed by atoms with Crippen LogP contribution in [0.25, 0.3) is 0 Å². The summed E-state index contributed by atoms with van der Waals surface area (Å²) in [7, 11) is 1.61. The van der Waals surface area contributed by atoms with Crippen LogP contribution in [0.4, 0.5) is 0 Å². The standard InChI is InChI=1S/C21H34BrN3O4S/c1-20(2,3)24-18(28)16-21-11-12(22)15(30-21)13(17(27)23-4)14(21)19(29)25(16)9-7-5-6-8-10-26/h12-16,26H,5-11H2,1-4H3,(H,23,27)(H,24,28)/t12?,13-,14-,15-,16?,21?/m0/s1. The van der Waals surface area contributed by atoms with Crippen LogP contribution >= 0.6 is 27.7 Å². The van der Waals surface area contributed by atoms with Gasteiger partial charge >= 0.3 is 0 Å². The van der Waals surface area contributed by atoms with Crippen LogP contribution in [0, 0.1) is 11.8 Å². The Hall–Kier alpha value is -0.800. The minimum atomic E-state index is -0.576. The molecule has 0 aromatic carbocycles. The number of nitrogens with zero attached hydrogens (tertiary/aromatic N) is 1. The fourth-order valence-corrected chi connectivity index (χ4v) is 8.94. The van der Waals surface area contributed by atoms with Gasteiger partial charge in [0.15, 0.2) is 0 Å². The first-order valence-corrected chi connectivity index (χ1v) is 12.6. The highest BCUT2D eigenvalue weighted by molar-refractivity contribution is 9.09. The van der Waals surface area contributed by atoms with Gasteiger partial charge in [-0.15, -0.1) is 11.8 Å². The Bertz CT molecular complexity index is 700. The molecule has 3 heterocycles. The van der Waals surface area contributed by atoms with E-state index in [1.165, 1.54) is 0 Å². The quantitative estimate of drug-likeness (QED) is 0.345. The number of nitrogens with one attached hydrogen (secondary N) is 2. The van der Waals surface area contributed by atoms with E-state index in [4.69, 9.17) is 5.11 Å². The number of rotatable bonds is 8. The van der Waals surface area contributed by atoms with E-state index in [2.05, 4.69) is 26.6 Å². The van der Waals surface area contributed by atoms with Gasteiger partial charge in [-0.2, -0.15) is 0 Å². The van der Waals surface area contributed by atoms with Gasteiger partial charge in [-0.3, -0.25) is 14.4 Å². The molecule has 3 fully saturated rings. The van der Waals surface area contributed by atoms with Gasteiger partial charge in [-0.25, -0.2) is 0 Å². The van der Waals surface area contributed by atoms with Crippen LogP contribution in [0.5, 0.6) is 0 Å². The molecule has 7 nitrogen and oxygen atoms in total. The molecule has 0 aromatic rings. The van der Waals surface area contributed by atoms with Crippen molar-refractivity contribution in [2.45, 2.75) is 79.3 Å². The van der Waals surface area contributed by atoms with Crippen LogP contribution in [0.3, 0.4) is 0 Å². The van der Waals surface area contributed by atoms with Crippen molar-refractivity contribution in [2.75, 3.05) is 20.2 Å². The van der Waals surface area contributed by atoms with E-state index in [0.29, 0.717) is 13.0 Å². The van der Waals surface area contributed by atoms with E-state index in [9.17, 15) is 14.4 Å². The maximum atomic E-state index is 13.6. The highest BCUT2D eigenvalue weighted by atomic mass is 79.9. The number of likely N-dealkylation sites (tertiary alicyclic amines) is 1. The summed E-state index contributed by atoms with van der Waals surface area (Å²) in [6, 6.07) is -0.572. The lowest BCUT2D eigenvalue weighted by molar-refractivity contribution is -0.140. The van der Waals surface area contributed by atoms with Crippen molar-refractivity contribution in [1.82, 2.24) is 15.5 Å². The van der Waals surface area contributed by atoms with Crippen molar-refractivity contribution in [3.8, 4) is 0 Å². The molecule has 3 N–H and O–H groups in total.